The first-order valence-corrected chi connectivity index (χ1v) is 7.90. The molecule has 0 aliphatic heterocycles. The average molecular weight is 328 g/mol. The van der Waals surface area contributed by atoms with Crippen molar-refractivity contribution in [2.45, 2.75) is 0 Å². The molecule has 0 unspecified atom stereocenters. The van der Waals surface area contributed by atoms with Crippen molar-refractivity contribution in [2.75, 3.05) is 0 Å². The fraction of sp³-hybridized carbons (Fsp3) is 0. The molecule has 4 aromatic rings. The summed E-state index contributed by atoms with van der Waals surface area (Å²) >= 11 is 0. The van der Waals surface area contributed by atoms with Crippen molar-refractivity contribution >= 4 is 12.7 Å². The summed E-state index contributed by atoms with van der Waals surface area (Å²) in [6.07, 6.45) is 3.73. The van der Waals surface area contributed by atoms with Crippen molar-refractivity contribution in [3.63, 3.8) is 0 Å². The van der Waals surface area contributed by atoms with Crippen molar-refractivity contribution < 1.29 is 0 Å². The number of aromatic nitrogens is 4. The standard InChI is InChI=1S/C20H16N4O/c1-14-18(20(25)22-21-14)12-16-13-24(17-10-6-3-7-11-17)23-19(16)15-8-4-2-5-9-15/h2-13,21H,1H2,(H,22,25)/b18-12-. The van der Waals surface area contributed by atoms with Crippen LogP contribution in [0.2, 0.25) is 0 Å². The summed E-state index contributed by atoms with van der Waals surface area (Å²) in [6.45, 7) is 3.86. The molecule has 0 fully saturated rings. The number of hydrogen-bond donors (Lipinski definition) is 2. The van der Waals surface area contributed by atoms with Gasteiger partial charge >= 0.3 is 0 Å². The minimum atomic E-state index is -0.198. The third-order valence-electron chi connectivity index (χ3n) is 4.01. The van der Waals surface area contributed by atoms with E-state index in [0.29, 0.717) is 10.6 Å². The van der Waals surface area contributed by atoms with Gasteiger partial charge in [0, 0.05) is 17.3 Å². The number of nitrogens with zero attached hydrogens (tertiary/aromatic N) is 2. The molecule has 0 saturated heterocycles. The topological polar surface area (TPSA) is 66.5 Å². The van der Waals surface area contributed by atoms with Crippen molar-refractivity contribution in [3.05, 3.63) is 93.3 Å². The zero-order chi connectivity index (χ0) is 17.2. The molecule has 2 N–H and O–H groups in total. The molecular formula is C20H16N4O. The lowest BCUT2D eigenvalue weighted by Crippen LogP contribution is -2.32. The van der Waals surface area contributed by atoms with Gasteiger partial charge in [0.25, 0.3) is 5.56 Å². The fourth-order valence-corrected chi connectivity index (χ4v) is 2.74. The Bertz CT molecular complexity index is 1140. The second-order valence-electron chi connectivity index (χ2n) is 5.69. The largest absolute Gasteiger partial charge is 0.298 e. The normalized spacial score (nSPS) is 11.8. The number of hydrogen-bond acceptors (Lipinski definition) is 2. The van der Waals surface area contributed by atoms with Crippen LogP contribution in [0.1, 0.15) is 5.56 Å². The quantitative estimate of drug-likeness (QED) is 0.602. The Labute approximate surface area is 143 Å². The lowest BCUT2D eigenvalue weighted by molar-refractivity contribution is 0.884. The van der Waals surface area contributed by atoms with Crippen LogP contribution in [-0.2, 0) is 0 Å². The van der Waals surface area contributed by atoms with Crippen LogP contribution in [0.15, 0.2) is 71.7 Å². The molecule has 0 atom stereocenters. The predicted octanol–water partition coefficient (Wildman–Crippen LogP) is 1.79. The molecule has 0 saturated carbocycles. The molecule has 0 bridgehead atoms. The van der Waals surface area contributed by atoms with Crippen LogP contribution in [-0.4, -0.2) is 20.0 Å². The molecule has 2 aromatic heterocycles. The van der Waals surface area contributed by atoms with Gasteiger partial charge < -0.3 is 0 Å². The summed E-state index contributed by atoms with van der Waals surface area (Å²) in [7, 11) is 0. The molecule has 4 rings (SSSR count). The van der Waals surface area contributed by atoms with E-state index in [2.05, 4.69) is 16.8 Å². The first-order chi connectivity index (χ1) is 12.2. The molecule has 0 spiro atoms. The molecule has 25 heavy (non-hydrogen) atoms. The van der Waals surface area contributed by atoms with E-state index in [1.54, 1.807) is 0 Å². The Morgan fingerprint density at radius 3 is 2.28 bits per heavy atom. The highest BCUT2D eigenvalue weighted by molar-refractivity contribution is 5.71. The number of rotatable bonds is 3. The smallest absolute Gasteiger partial charge is 0.271 e. The molecular weight excluding hydrogens is 312 g/mol. The Balaban J connectivity index is 1.97. The Morgan fingerprint density at radius 1 is 0.960 bits per heavy atom. The Hall–Kier alpha value is -3.60. The maximum absolute atomic E-state index is 12.0. The number of para-hydroxylation sites is 1. The number of benzene rings is 2. The Kier molecular flexibility index (Phi) is 3.67. The molecule has 5 heteroatoms. The van der Waals surface area contributed by atoms with Crippen LogP contribution in [0.25, 0.3) is 29.6 Å². The lowest BCUT2D eigenvalue weighted by atomic mass is 10.1. The highest BCUT2D eigenvalue weighted by atomic mass is 16.1. The van der Waals surface area contributed by atoms with Gasteiger partial charge in [-0.15, -0.1) is 0 Å². The van der Waals surface area contributed by atoms with Crippen LogP contribution in [0.4, 0.5) is 0 Å². The molecule has 2 heterocycles. The summed E-state index contributed by atoms with van der Waals surface area (Å²) in [6, 6.07) is 19.8. The summed E-state index contributed by atoms with van der Waals surface area (Å²) in [4.78, 5) is 12.0. The maximum Gasteiger partial charge on any atom is 0.271 e. The van der Waals surface area contributed by atoms with E-state index in [-0.39, 0.29) is 5.56 Å². The molecule has 0 aliphatic rings. The maximum atomic E-state index is 12.0. The third kappa shape index (κ3) is 2.83. The zero-order valence-electron chi connectivity index (χ0n) is 13.4. The molecule has 0 radical (unpaired) electrons. The highest BCUT2D eigenvalue weighted by Gasteiger charge is 2.11. The summed E-state index contributed by atoms with van der Waals surface area (Å²) < 4.78 is 1.82. The minimum Gasteiger partial charge on any atom is -0.298 e. The van der Waals surface area contributed by atoms with Gasteiger partial charge in [0.1, 0.15) is 0 Å². The van der Waals surface area contributed by atoms with Crippen molar-refractivity contribution in [3.8, 4) is 16.9 Å². The molecule has 0 aliphatic carbocycles. The minimum absolute atomic E-state index is 0.198. The summed E-state index contributed by atoms with van der Waals surface area (Å²) in [5, 5.41) is 11.1. The van der Waals surface area contributed by atoms with E-state index < -0.39 is 0 Å². The van der Waals surface area contributed by atoms with E-state index in [9.17, 15) is 4.79 Å². The van der Waals surface area contributed by atoms with Crippen molar-refractivity contribution in [2.24, 2.45) is 0 Å². The third-order valence-corrected chi connectivity index (χ3v) is 4.01. The highest BCUT2D eigenvalue weighted by Crippen LogP contribution is 2.23. The van der Waals surface area contributed by atoms with Gasteiger partial charge in [0.2, 0.25) is 0 Å². The van der Waals surface area contributed by atoms with Crippen LogP contribution >= 0.6 is 0 Å². The molecule has 2 aromatic carbocycles. The van der Waals surface area contributed by atoms with E-state index in [0.717, 1.165) is 22.5 Å². The molecule has 5 nitrogen and oxygen atoms in total. The van der Waals surface area contributed by atoms with Gasteiger partial charge in [-0.05, 0) is 18.2 Å². The number of nitrogens with one attached hydrogen (secondary N) is 2. The molecule has 0 amide bonds. The Morgan fingerprint density at radius 2 is 1.64 bits per heavy atom. The van der Waals surface area contributed by atoms with Gasteiger partial charge in [-0.3, -0.25) is 15.0 Å². The van der Waals surface area contributed by atoms with E-state index >= 15 is 0 Å². The fourth-order valence-electron chi connectivity index (χ4n) is 2.74. The van der Waals surface area contributed by atoms with Gasteiger partial charge in [-0.1, -0.05) is 55.1 Å². The molecule has 122 valence electrons. The van der Waals surface area contributed by atoms with Crippen LogP contribution < -0.4 is 16.1 Å². The summed E-state index contributed by atoms with van der Waals surface area (Å²) in [5.74, 6) is 0. The van der Waals surface area contributed by atoms with E-state index in [1.807, 2.05) is 77.6 Å². The predicted molar refractivity (Wildman–Crippen MR) is 98.8 cm³/mol. The lowest BCUT2D eigenvalue weighted by Gasteiger charge is -2.00. The first kappa shape index (κ1) is 15.0. The van der Waals surface area contributed by atoms with Gasteiger partial charge in [0.15, 0.2) is 0 Å². The van der Waals surface area contributed by atoms with Crippen LogP contribution in [0.5, 0.6) is 0 Å². The van der Waals surface area contributed by atoms with E-state index in [1.165, 1.54) is 0 Å². The zero-order valence-corrected chi connectivity index (χ0v) is 13.4. The number of H-pyrrole nitrogens is 2. The van der Waals surface area contributed by atoms with Gasteiger partial charge in [-0.2, -0.15) is 5.10 Å². The second kappa shape index (κ2) is 6.13. The van der Waals surface area contributed by atoms with Crippen molar-refractivity contribution in [1.82, 2.24) is 20.0 Å². The second-order valence-corrected chi connectivity index (χ2v) is 5.69. The van der Waals surface area contributed by atoms with Crippen LogP contribution in [0, 0.1) is 0 Å². The van der Waals surface area contributed by atoms with Gasteiger partial charge in [-0.25, -0.2) is 4.68 Å². The van der Waals surface area contributed by atoms with Crippen LogP contribution in [0.3, 0.4) is 0 Å². The summed E-state index contributed by atoms with van der Waals surface area (Å²) in [5.41, 5.74) is 3.41. The van der Waals surface area contributed by atoms with Crippen molar-refractivity contribution in [1.29, 1.82) is 0 Å². The van der Waals surface area contributed by atoms with Gasteiger partial charge in [0.05, 0.1) is 21.9 Å². The first-order valence-electron chi connectivity index (χ1n) is 7.90. The number of aromatic amines is 2. The average Bonchev–Trinajstić information content (AvgIpc) is 3.22. The monoisotopic (exact) mass is 328 g/mol. The van der Waals surface area contributed by atoms with E-state index in [4.69, 9.17) is 5.10 Å². The SMILES string of the molecule is C=c1[nH][nH]c(=O)/c1=C\c1cn(-c2ccccc2)nc1-c1ccccc1.